The second-order valence-electron chi connectivity index (χ2n) is 5.35. The lowest BCUT2D eigenvalue weighted by molar-refractivity contribution is -0.141. The molecule has 1 atom stereocenters. The van der Waals surface area contributed by atoms with E-state index in [0.717, 1.165) is 5.69 Å². The Morgan fingerprint density at radius 1 is 1.32 bits per heavy atom. The van der Waals surface area contributed by atoms with Gasteiger partial charge in [-0.2, -0.15) is 0 Å². The standard InChI is InChI=1S/C15H19N3O4/c1-8-6-12(14(19)17(5)11(4)15(20)21)10(3)18(8)13-7-9(2)22-16-13/h6-7,11H,1-5H3,(H,20,21). The molecule has 0 bridgehead atoms. The minimum absolute atomic E-state index is 0.338. The van der Waals surface area contributed by atoms with Gasteiger partial charge in [0.1, 0.15) is 11.8 Å². The van der Waals surface area contributed by atoms with Crippen LogP contribution in [0.15, 0.2) is 16.7 Å². The number of aromatic nitrogens is 2. The molecule has 0 aliphatic rings. The van der Waals surface area contributed by atoms with Gasteiger partial charge >= 0.3 is 5.97 Å². The van der Waals surface area contributed by atoms with E-state index in [9.17, 15) is 9.59 Å². The molecule has 22 heavy (non-hydrogen) atoms. The van der Waals surface area contributed by atoms with Gasteiger partial charge in [0, 0.05) is 24.5 Å². The Balaban J connectivity index is 2.42. The number of carbonyl (C=O) groups is 2. The molecule has 0 saturated heterocycles. The minimum Gasteiger partial charge on any atom is -0.480 e. The zero-order valence-corrected chi connectivity index (χ0v) is 13.2. The van der Waals surface area contributed by atoms with Crippen LogP contribution in [-0.2, 0) is 4.79 Å². The van der Waals surface area contributed by atoms with Gasteiger partial charge in [0.15, 0.2) is 5.82 Å². The van der Waals surface area contributed by atoms with Gasteiger partial charge in [0.25, 0.3) is 5.91 Å². The molecule has 1 unspecified atom stereocenters. The zero-order valence-electron chi connectivity index (χ0n) is 13.2. The van der Waals surface area contributed by atoms with Crippen LogP contribution in [0.25, 0.3) is 5.82 Å². The van der Waals surface area contributed by atoms with Crippen LogP contribution in [0.3, 0.4) is 0 Å². The first-order valence-corrected chi connectivity index (χ1v) is 6.86. The Labute approximate surface area is 128 Å². The van der Waals surface area contributed by atoms with Crippen LogP contribution in [0.5, 0.6) is 0 Å². The fourth-order valence-electron chi connectivity index (χ4n) is 2.32. The number of nitrogens with zero attached hydrogens (tertiary/aromatic N) is 3. The van der Waals surface area contributed by atoms with E-state index in [1.807, 2.05) is 11.5 Å². The average Bonchev–Trinajstić information content (AvgIpc) is 2.99. The summed E-state index contributed by atoms with van der Waals surface area (Å²) < 4.78 is 6.88. The molecule has 0 spiro atoms. The highest BCUT2D eigenvalue weighted by Crippen LogP contribution is 2.22. The molecular formula is C15H19N3O4. The molecule has 7 heteroatoms. The normalized spacial score (nSPS) is 12.2. The van der Waals surface area contributed by atoms with Crippen LogP contribution < -0.4 is 0 Å². The smallest absolute Gasteiger partial charge is 0.326 e. The third-order valence-electron chi connectivity index (χ3n) is 3.76. The molecule has 2 heterocycles. The SMILES string of the molecule is Cc1cc(-n2c(C)cc(C(=O)N(C)C(C)C(=O)O)c2C)no1. The maximum atomic E-state index is 12.5. The number of rotatable bonds is 4. The van der Waals surface area contributed by atoms with Gasteiger partial charge in [0.05, 0.1) is 5.56 Å². The molecule has 2 rings (SSSR count). The number of hydrogen-bond acceptors (Lipinski definition) is 4. The summed E-state index contributed by atoms with van der Waals surface area (Å²) in [5.41, 5.74) is 1.97. The highest BCUT2D eigenvalue weighted by molar-refractivity contribution is 5.97. The topological polar surface area (TPSA) is 88.6 Å². The quantitative estimate of drug-likeness (QED) is 0.932. The van der Waals surface area contributed by atoms with E-state index in [4.69, 9.17) is 9.63 Å². The molecule has 0 aliphatic heterocycles. The molecule has 1 amide bonds. The Bertz CT molecular complexity index is 729. The van der Waals surface area contributed by atoms with E-state index in [1.165, 1.54) is 18.9 Å². The summed E-state index contributed by atoms with van der Waals surface area (Å²) in [6.45, 7) is 6.91. The van der Waals surface area contributed by atoms with Crippen LogP contribution in [-0.4, -0.2) is 44.7 Å². The predicted molar refractivity (Wildman–Crippen MR) is 79.2 cm³/mol. The predicted octanol–water partition coefficient (Wildman–Crippen LogP) is 1.94. The van der Waals surface area contributed by atoms with Gasteiger partial charge < -0.3 is 14.5 Å². The molecule has 1 N–H and O–H groups in total. The highest BCUT2D eigenvalue weighted by Gasteiger charge is 2.26. The van der Waals surface area contributed by atoms with E-state index in [-0.39, 0.29) is 5.91 Å². The van der Waals surface area contributed by atoms with Crippen molar-refractivity contribution in [3.05, 3.63) is 34.8 Å². The van der Waals surface area contributed by atoms with Crippen molar-refractivity contribution in [2.45, 2.75) is 33.7 Å². The van der Waals surface area contributed by atoms with Gasteiger partial charge in [-0.15, -0.1) is 0 Å². The maximum absolute atomic E-state index is 12.5. The van der Waals surface area contributed by atoms with Crippen molar-refractivity contribution in [3.8, 4) is 5.82 Å². The lowest BCUT2D eigenvalue weighted by Crippen LogP contribution is -2.40. The van der Waals surface area contributed by atoms with Gasteiger partial charge in [-0.3, -0.25) is 9.36 Å². The molecule has 2 aromatic rings. The van der Waals surface area contributed by atoms with Gasteiger partial charge in [0.2, 0.25) is 0 Å². The highest BCUT2D eigenvalue weighted by atomic mass is 16.5. The summed E-state index contributed by atoms with van der Waals surface area (Å²) in [7, 11) is 1.48. The van der Waals surface area contributed by atoms with Gasteiger partial charge in [-0.25, -0.2) is 4.79 Å². The van der Waals surface area contributed by atoms with Crippen LogP contribution in [0.2, 0.25) is 0 Å². The molecule has 0 aliphatic carbocycles. The maximum Gasteiger partial charge on any atom is 0.326 e. The number of aryl methyl sites for hydroxylation is 2. The van der Waals surface area contributed by atoms with E-state index in [2.05, 4.69) is 5.16 Å². The van der Waals surface area contributed by atoms with Crippen molar-refractivity contribution in [2.75, 3.05) is 7.05 Å². The number of hydrogen-bond donors (Lipinski definition) is 1. The first-order valence-electron chi connectivity index (χ1n) is 6.86. The van der Waals surface area contributed by atoms with Crippen molar-refractivity contribution in [3.63, 3.8) is 0 Å². The minimum atomic E-state index is -1.04. The van der Waals surface area contributed by atoms with Crippen molar-refractivity contribution in [1.82, 2.24) is 14.6 Å². The molecule has 0 fully saturated rings. The lowest BCUT2D eigenvalue weighted by atomic mass is 10.2. The Morgan fingerprint density at radius 3 is 2.45 bits per heavy atom. The molecule has 118 valence electrons. The van der Waals surface area contributed by atoms with Crippen LogP contribution in [0.4, 0.5) is 0 Å². The van der Waals surface area contributed by atoms with Crippen LogP contribution >= 0.6 is 0 Å². The summed E-state index contributed by atoms with van der Waals surface area (Å²) in [5.74, 6) is -0.112. The van der Waals surface area contributed by atoms with E-state index in [1.54, 1.807) is 26.0 Å². The fraction of sp³-hybridized carbons (Fsp3) is 0.400. The third-order valence-corrected chi connectivity index (χ3v) is 3.76. The van der Waals surface area contributed by atoms with Crippen molar-refractivity contribution in [2.24, 2.45) is 0 Å². The Morgan fingerprint density at radius 2 is 1.95 bits per heavy atom. The van der Waals surface area contributed by atoms with E-state index < -0.39 is 12.0 Å². The summed E-state index contributed by atoms with van der Waals surface area (Å²) in [6.07, 6.45) is 0. The number of aliphatic carboxylic acids is 1. The van der Waals surface area contributed by atoms with Crippen LogP contribution in [0, 0.1) is 20.8 Å². The first-order chi connectivity index (χ1) is 10.2. The van der Waals surface area contributed by atoms with E-state index in [0.29, 0.717) is 22.8 Å². The Kier molecular flexibility index (Phi) is 4.07. The lowest BCUT2D eigenvalue weighted by Gasteiger charge is -2.21. The average molecular weight is 305 g/mol. The third kappa shape index (κ3) is 2.61. The molecule has 0 aromatic carbocycles. The zero-order chi connectivity index (χ0) is 16.6. The molecule has 0 radical (unpaired) electrons. The summed E-state index contributed by atoms with van der Waals surface area (Å²) in [6, 6.07) is 2.61. The second kappa shape index (κ2) is 5.67. The van der Waals surface area contributed by atoms with Crippen molar-refractivity contribution in [1.29, 1.82) is 0 Å². The van der Waals surface area contributed by atoms with E-state index >= 15 is 0 Å². The number of likely N-dealkylation sites (N-methyl/N-ethyl adjacent to an activating group) is 1. The monoisotopic (exact) mass is 305 g/mol. The molecular weight excluding hydrogens is 286 g/mol. The van der Waals surface area contributed by atoms with Crippen molar-refractivity contribution < 1.29 is 19.2 Å². The first kappa shape index (κ1) is 15.8. The number of carboxylic acid groups (broad SMARTS) is 1. The van der Waals surface area contributed by atoms with Gasteiger partial charge in [-0.1, -0.05) is 5.16 Å². The number of carbonyl (C=O) groups excluding carboxylic acids is 1. The van der Waals surface area contributed by atoms with Crippen LogP contribution in [0.1, 0.15) is 34.4 Å². The Hall–Kier alpha value is -2.57. The molecule has 7 nitrogen and oxygen atoms in total. The summed E-state index contributed by atoms with van der Waals surface area (Å²) in [4.78, 5) is 24.8. The summed E-state index contributed by atoms with van der Waals surface area (Å²) in [5, 5.41) is 13.0. The summed E-state index contributed by atoms with van der Waals surface area (Å²) >= 11 is 0. The second-order valence-corrected chi connectivity index (χ2v) is 5.35. The number of carboxylic acids is 1. The fourth-order valence-corrected chi connectivity index (χ4v) is 2.32. The molecule has 2 aromatic heterocycles. The van der Waals surface area contributed by atoms with Crippen molar-refractivity contribution >= 4 is 11.9 Å². The van der Waals surface area contributed by atoms with Gasteiger partial charge in [-0.05, 0) is 33.8 Å². The largest absolute Gasteiger partial charge is 0.480 e. The number of amides is 1. The molecule has 0 saturated carbocycles.